The van der Waals surface area contributed by atoms with Gasteiger partial charge in [0.05, 0.1) is 25.5 Å². The van der Waals surface area contributed by atoms with Gasteiger partial charge >= 0.3 is 0 Å². The molecule has 1 aliphatic heterocycles. The summed E-state index contributed by atoms with van der Waals surface area (Å²) in [6, 6.07) is 17.0. The number of alkyl halides is 1. The van der Waals surface area contributed by atoms with E-state index in [0.717, 1.165) is 65.9 Å². The Morgan fingerprint density at radius 1 is 1.03 bits per heavy atom. The average molecular weight is 451 g/mol. The van der Waals surface area contributed by atoms with E-state index in [9.17, 15) is 4.39 Å². The van der Waals surface area contributed by atoms with E-state index < -0.39 is 6.67 Å². The lowest BCUT2D eigenvalue weighted by molar-refractivity contribution is 0.0342. The molecule has 0 aliphatic carbocycles. The Hall–Kier alpha value is -2.61. The first-order valence-electron chi connectivity index (χ1n) is 11.1. The lowest BCUT2D eigenvalue weighted by atomic mass is 10.1. The summed E-state index contributed by atoms with van der Waals surface area (Å²) in [5, 5.41) is 11.8. The Labute approximate surface area is 191 Å². The fraction of sp³-hybridized carbons (Fsp3) is 0.360. The Balaban J connectivity index is 1.33. The van der Waals surface area contributed by atoms with Crippen LogP contribution in [0.4, 0.5) is 4.39 Å². The molecule has 0 amide bonds. The summed E-state index contributed by atoms with van der Waals surface area (Å²) in [6.07, 6.45) is 0.748. The maximum absolute atomic E-state index is 13.3. The van der Waals surface area contributed by atoms with E-state index in [1.807, 2.05) is 16.7 Å². The summed E-state index contributed by atoms with van der Waals surface area (Å²) in [7, 11) is 0. The Morgan fingerprint density at radius 3 is 2.59 bits per heavy atom. The van der Waals surface area contributed by atoms with Gasteiger partial charge in [0, 0.05) is 37.0 Å². The van der Waals surface area contributed by atoms with Crippen LogP contribution in [0.25, 0.3) is 21.6 Å². The molecule has 166 valence electrons. The van der Waals surface area contributed by atoms with Gasteiger partial charge in [-0.15, -0.1) is 10.2 Å². The highest BCUT2D eigenvalue weighted by atomic mass is 32.1. The van der Waals surface area contributed by atoms with Gasteiger partial charge in [-0.1, -0.05) is 47.7 Å². The van der Waals surface area contributed by atoms with Gasteiger partial charge in [0.25, 0.3) is 0 Å². The van der Waals surface area contributed by atoms with E-state index in [1.165, 1.54) is 16.7 Å². The zero-order chi connectivity index (χ0) is 21.9. The van der Waals surface area contributed by atoms with Gasteiger partial charge in [-0.25, -0.2) is 4.39 Å². The van der Waals surface area contributed by atoms with Gasteiger partial charge in [-0.2, -0.15) is 0 Å². The number of fused-ring (bicyclic) bond motifs is 1. The number of aryl methyl sites for hydroxylation is 2. The van der Waals surface area contributed by atoms with Crippen molar-refractivity contribution in [1.82, 2.24) is 19.7 Å². The van der Waals surface area contributed by atoms with Crippen molar-refractivity contribution in [1.29, 1.82) is 0 Å². The molecule has 2 aromatic heterocycles. The maximum atomic E-state index is 13.3. The van der Waals surface area contributed by atoms with Crippen LogP contribution in [0.1, 0.15) is 21.7 Å². The predicted molar refractivity (Wildman–Crippen MR) is 127 cm³/mol. The van der Waals surface area contributed by atoms with Gasteiger partial charge in [0.2, 0.25) is 0 Å². The quantitative estimate of drug-likeness (QED) is 0.403. The molecule has 7 heteroatoms. The molecule has 0 radical (unpaired) electrons. The Morgan fingerprint density at radius 2 is 1.81 bits per heavy atom. The third-order valence-corrected chi connectivity index (χ3v) is 6.99. The van der Waals surface area contributed by atoms with E-state index >= 15 is 0 Å². The smallest absolute Gasteiger partial charge is 0.164 e. The number of ether oxygens (including phenoxy) is 1. The third-order valence-electron chi connectivity index (χ3n) is 6.05. The van der Waals surface area contributed by atoms with Gasteiger partial charge in [-0.05, 0) is 35.7 Å². The summed E-state index contributed by atoms with van der Waals surface area (Å²) in [5.41, 5.74) is 5.71. The van der Waals surface area contributed by atoms with E-state index in [0.29, 0.717) is 6.54 Å². The SMILES string of the molecule is Cc1cccc2c1cc(-c1nnc(Cc3ccc(CN4CCOCC4)cc3)s1)n2CCF. The number of benzene rings is 2. The fourth-order valence-electron chi connectivity index (χ4n) is 4.32. The van der Waals surface area contributed by atoms with Crippen LogP contribution < -0.4 is 0 Å². The van der Waals surface area contributed by atoms with Crippen LogP contribution in [-0.4, -0.2) is 52.6 Å². The standard InChI is InChI=1S/C25H27FN4OS/c1-18-3-2-4-22-21(18)16-23(30(22)10-9-26)25-28-27-24(32-25)15-19-5-7-20(8-6-19)17-29-11-13-31-14-12-29/h2-8,16H,9-15,17H2,1H3. The first-order chi connectivity index (χ1) is 15.7. The number of aromatic nitrogens is 3. The molecule has 3 heterocycles. The molecular formula is C25H27FN4OS. The number of hydrogen-bond acceptors (Lipinski definition) is 5. The van der Waals surface area contributed by atoms with Crippen molar-refractivity contribution in [3.05, 3.63) is 70.2 Å². The molecule has 0 unspecified atom stereocenters. The second kappa shape index (κ2) is 9.48. The van der Waals surface area contributed by atoms with Crippen LogP contribution >= 0.6 is 11.3 Å². The fourth-order valence-corrected chi connectivity index (χ4v) is 5.22. The third kappa shape index (κ3) is 4.46. The average Bonchev–Trinajstić information content (AvgIpc) is 3.42. The molecule has 2 aromatic carbocycles. The number of morpholine rings is 1. The first kappa shape index (κ1) is 21.2. The normalized spacial score (nSPS) is 14.9. The molecule has 0 spiro atoms. The van der Waals surface area contributed by atoms with Crippen LogP contribution in [0.3, 0.4) is 0 Å². The van der Waals surface area contributed by atoms with Crippen LogP contribution in [0.2, 0.25) is 0 Å². The minimum absolute atomic E-state index is 0.321. The van der Waals surface area contributed by atoms with Gasteiger partial charge in [0.15, 0.2) is 5.01 Å². The Bertz CT molecular complexity index is 1190. The van der Waals surface area contributed by atoms with Crippen molar-refractivity contribution in [2.45, 2.75) is 26.4 Å². The number of hydrogen-bond donors (Lipinski definition) is 0. The van der Waals surface area contributed by atoms with Gasteiger partial charge < -0.3 is 9.30 Å². The molecular weight excluding hydrogens is 423 g/mol. The van der Waals surface area contributed by atoms with Gasteiger partial charge in [-0.3, -0.25) is 4.90 Å². The molecule has 5 rings (SSSR count). The summed E-state index contributed by atoms with van der Waals surface area (Å²) >= 11 is 1.59. The minimum atomic E-state index is -0.410. The zero-order valence-corrected chi connectivity index (χ0v) is 19.1. The van der Waals surface area contributed by atoms with Crippen LogP contribution in [0.5, 0.6) is 0 Å². The van der Waals surface area contributed by atoms with Gasteiger partial charge in [0.1, 0.15) is 11.7 Å². The molecule has 0 saturated carbocycles. The highest BCUT2D eigenvalue weighted by Gasteiger charge is 2.16. The second-order valence-electron chi connectivity index (χ2n) is 8.26. The topological polar surface area (TPSA) is 43.2 Å². The highest BCUT2D eigenvalue weighted by molar-refractivity contribution is 7.14. The summed E-state index contributed by atoms with van der Waals surface area (Å²) in [6.45, 7) is 6.59. The van der Waals surface area contributed by atoms with E-state index in [-0.39, 0.29) is 0 Å². The van der Waals surface area contributed by atoms with Crippen molar-refractivity contribution in [3.8, 4) is 10.7 Å². The monoisotopic (exact) mass is 450 g/mol. The molecule has 0 atom stereocenters. The van der Waals surface area contributed by atoms with Crippen molar-refractivity contribution >= 4 is 22.2 Å². The van der Waals surface area contributed by atoms with E-state index in [1.54, 1.807) is 11.3 Å². The lowest BCUT2D eigenvalue weighted by Crippen LogP contribution is -2.35. The highest BCUT2D eigenvalue weighted by Crippen LogP contribution is 2.32. The van der Waals surface area contributed by atoms with Crippen molar-refractivity contribution in [2.75, 3.05) is 33.0 Å². The summed E-state index contributed by atoms with van der Waals surface area (Å²) < 4.78 is 20.7. The summed E-state index contributed by atoms with van der Waals surface area (Å²) in [4.78, 5) is 2.42. The maximum Gasteiger partial charge on any atom is 0.164 e. The number of nitrogens with zero attached hydrogens (tertiary/aromatic N) is 4. The Kier molecular flexibility index (Phi) is 6.30. The molecule has 32 heavy (non-hydrogen) atoms. The zero-order valence-electron chi connectivity index (χ0n) is 18.3. The molecule has 5 nitrogen and oxygen atoms in total. The molecule has 1 aliphatic rings. The number of rotatable bonds is 7. The van der Waals surface area contributed by atoms with Crippen molar-refractivity contribution in [2.24, 2.45) is 0 Å². The first-order valence-corrected chi connectivity index (χ1v) is 11.9. The van der Waals surface area contributed by atoms with Crippen LogP contribution in [0.15, 0.2) is 48.5 Å². The molecule has 1 fully saturated rings. The minimum Gasteiger partial charge on any atom is -0.379 e. The predicted octanol–water partition coefficient (Wildman–Crippen LogP) is 4.86. The molecule has 4 aromatic rings. The van der Waals surface area contributed by atoms with Crippen LogP contribution in [0, 0.1) is 6.92 Å². The van der Waals surface area contributed by atoms with E-state index in [4.69, 9.17) is 4.74 Å². The molecule has 0 N–H and O–H groups in total. The molecule has 1 saturated heterocycles. The lowest BCUT2D eigenvalue weighted by Gasteiger charge is -2.26. The summed E-state index contributed by atoms with van der Waals surface area (Å²) in [5.74, 6) is 0. The van der Waals surface area contributed by atoms with Crippen molar-refractivity contribution < 1.29 is 9.13 Å². The molecule has 0 bridgehead atoms. The van der Waals surface area contributed by atoms with E-state index in [2.05, 4.69) is 58.4 Å². The van der Waals surface area contributed by atoms with Crippen molar-refractivity contribution in [3.63, 3.8) is 0 Å². The number of halogens is 1. The largest absolute Gasteiger partial charge is 0.379 e. The van der Waals surface area contributed by atoms with Crippen LogP contribution in [-0.2, 0) is 24.2 Å². The second-order valence-corrected chi connectivity index (χ2v) is 9.32.